The number of allylic oxidation sites excluding steroid dienone is 5. The number of rotatable bonds is 8. The topological polar surface area (TPSA) is 55.8 Å². The number of phenols is 1. The number of hydrogen-bond donors (Lipinski definition) is 1. The second-order valence-electron chi connectivity index (χ2n) is 10.8. The summed E-state index contributed by atoms with van der Waals surface area (Å²) in [5.41, 5.74) is 4.61. The molecule has 0 radical (unpaired) electrons. The first-order chi connectivity index (χ1) is 18.9. The fourth-order valence-corrected chi connectivity index (χ4v) is 6.61. The van der Waals surface area contributed by atoms with Crippen LogP contribution in [0.25, 0.3) is 6.08 Å². The Balaban J connectivity index is 1.75. The molecule has 0 spiro atoms. The van der Waals surface area contributed by atoms with Crippen molar-refractivity contribution in [2.45, 2.75) is 38.5 Å². The van der Waals surface area contributed by atoms with Crippen LogP contribution in [0, 0.1) is 11.3 Å². The molecule has 1 fully saturated rings. The van der Waals surface area contributed by atoms with E-state index in [9.17, 15) is 9.90 Å². The van der Waals surface area contributed by atoms with Crippen LogP contribution < -0.4 is 4.74 Å². The van der Waals surface area contributed by atoms with Crippen molar-refractivity contribution in [2.75, 3.05) is 14.2 Å². The summed E-state index contributed by atoms with van der Waals surface area (Å²) in [5.74, 6) is 1.56. The van der Waals surface area contributed by atoms with E-state index in [0.717, 1.165) is 22.5 Å². The van der Waals surface area contributed by atoms with Gasteiger partial charge in [0.15, 0.2) is 5.78 Å². The Labute approximate surface area is 231 Å². The van der Waals surface area contributed by atoms with Crippen molar-refractivity contribution in [2.24, 2.45) is 11.3 Å². The maximum atomic E-state index is 13.9. The third-order valence-corrected chi connectivity index (χ3v) is 8.27. The van der Waals surface area contributed by atoms with E-state index in [1.807, 2.05) is 36.4 Å². The Bertz CT molecular complexity index is 1430. The van der Waals surface area contributed by atoms with Crippen LogP contribution in [0.4, 0.5) is 0 Å². The minimum absolute atomic E-state index is 0.0403. The van der Waals surface area contributed by atoms with Gasteiger partial charge in [-0.15, -0.1) is 0 Å². The largest absolute Gasteiger partial charge is 0.508 e. The lowest BCUT2D eigenvalue weighted by atomic mass is 9.40. The summed E-state index contributed by atoms with van der Waals surface area (Å²) in [4.78, 5) is 13.9. The molecule has 1 saturated carbocycles. The first-order valence-corrected chi connectivity index (χ1v) is 13.5. The highest BCUT2D eigenvalue weighted by molar-refractivity contribution is 5.98. The van der Waals surface area contributed by atoms with E-state index < -0.39 is 5.41 Å². The van der Waals surface area contributed by atoms with E-state index >= 15 is 0 Å². The molecule has 0 aromatic heterocycles. The van der Waals surface area contributed by atoms with Gasteiger partial charge in [0.05, 0.1) is 14.2 Å². The molecule has 0 amide bonds. The van der Waals surface area contributed by atoms with Crippen LogP contribution in [-0.4, -0.2) is 25.1 Å². The van der Waals surface area contributed by atoms with Gasteiger partial charge in [0.2, 0.25) is 0 Å². The Morgan fingerprint density at radius 1 is 0.923 bits per heavy atom. The number of methoxy groups -OCH3 is 2. The molecule has 2 aliphatic rings. The molecular weight excluding hydrogens is 484 g/mol. The predicted molar refractivity (Wildman–Crippen MR) is 156 cm³/mol. The third-order valence-electron chi connectivity index (χ3n) is 8.27. The minimum atomic E-state index is -0.536. The number of benzene rings is 3. The van der Waals surface area contributed by atoms with Gasteiger partial charge in [-0.2, -0.15) is 0 Å². The van der Waals surface area contributed by atoms with Crippen LogP contribution in [0.15, 0.2) is 108 Å². The zero-order valence-corrected chi connectivity index (χ0v) is 23.1. The molecule has 0 saturated heterocycles. The fourth-order valence-electron chi connectivity index (χ4n) is 6.61. The number of carbonyl (C=O) groups is 1. The number of ether oxygens (including phenoxy) is 2. The summed E-state index contributed by atoms with van der Waals surface area (Å²) in [5, 5.41) is 10.6. The molecule has 39 heavy (non-hydrogen) atoms. The lowest BCUT2D eigenvalue weighted by Crippen LogP contribution is -2.57. The van der Waals surface area contributed by atoms with E-state index in [2.05, 4.69) is 68.5 Å². The average molecular weight is 521 g/mol. The highest BCUT2D eigenvalue weighted by Crippen LogP contribution is 2.72. The van der Waals surface area contributed by atoms with Gasteiger partial charge in [-0.25, -0.2) is 0 Å². The van der Waals surface area contributed by atoms with Crippen molar-refractivity contribution in [3.8, 4) is 11.5 Å². The molecule has 4 atom stereocenters. The Morgan fingerprint density at radius 3 is 2.26 bits per heavy atom. The van der Waals surface area contributed by atoms with Crippen LogP contribution in [0.5, 0.6) is 11.5 Å². The number of Topliss-reactive ketones (excluding diaryl/α,β-unsaturated/α-hetero) is 1. The number of carbonyl (C=O) groups excluding carboxylic acids is 1. The van der Waals surface area contributed by atoms with Crippen molar-refractivity contribution < 1.29 is 19.4 Å². The molecule has 5 rings (SSSR count). The number of fused-ring (bicyclic) bond motifs is 1. The second-order valence-corrected chi connectivity index (χ2v) is 10.8. The highest BCUT2D eigenvalue weighted by Gasteiger charge is 2.66. The van der Waals surface area contributed by atoms with Crippen LogP contribution >= 0.6 is 0 Å². The smallest absolute Gasteiger partial charge is 0.163 e. The van der Waals surface area contributed by atoms with Gasteiger partial charge >= 0.3 is 0 Å². The van der Waals surface area contributed by atoms with E-state index in [-0.39, 0.29) is 29.3 Å². The molecule has 4 nitrogen and oxygen atoms in total. The summed E-state index contributed by atoms with van der Waals surface area (Å²) in [6, 6.07) is 26.1. The summed E-state index contributed by atoms with van der Waals surface area (Å²) >= 11 is 0. The molecule has 3 aromatic carbocycles. The van der Waals surface area contributed by atoms with Gasteiger partial charge in [0, 0.05) is 41.2 Å². The Kier molecular flexibility index (Phi) is 7.47. The SMILES string of the molecule is COC1=C(CC=C(C)C)C(=O)C[C@@]2(C=Cc3ccccc3)[C@@H]1[C@@H](c1ccccc1)[C@@H]2c1cc(O)cc(OC)c1. The van der Waals surface area contributed by atoms with Gasteiger partial charge in [0.25, 0.3) is 0 Å². The Hall–Kier alpha value is -4.05. The normalized spacial score (nSPS) is 24.2. The van der Waals surface area contributed by atoms with Crippen molar-refractivity contribution in [3.05, 3.63) is 125 Å². The molecule has 4 heteroatoms. The summed E-state index contributed by atoms with van der Waals surface area (Å²) in [6.07, 6.45) is 7.38. The van der Waals surface area contributed by atoms with Gasteiger partial charge in [-0.3, -0.25) is 4.79 Å². The zero-order chi connectivity index (χ0) is 27.6. The summed E-state index contributed by atoms with van der Waals surface area (Å²) in [6.45, 7) is 4.10. The van der Waals surface area contributed by atoms with E-state index in [1.165, 1.54) is 11.1 Å². The second kappa shape index (κ2) is 11.0. The Morgan fingerprint density at radius 2 is 1.62 bits per heavy atom. The number of aromatic hydroxyl groups is 1. The maximum absolute atomic E-state index is 13.9. The van der Waals surface area contributed by atoms with Crippen LogP contribution in [-0.2, 0) is 9.53 Å². The van der Waals surface area contributed by atoms with Gasteiger partial charge < -0.3 is 14.6 Å². The van der Waals surface area contributed by atoms with Crippen molar-refractivity contribution in [1.29, 1.82) is 0 Å². The monoisotopic (exact) mass is 520 g/mol. The zero-order valence-electron chi connectivity index (χ0n) is 23.1. The lowest BCUT2D eigenvalue weighted by Gasteiger charge is -2.63. The van der Waals surface area contributed by atoms with E-state index in [1.54, 1.807) is 20.3 Å². The van der Waals surface area contributed by atoms with Crippen LogP contribution in [0.3, 0.4) is 0 Å². The molecule has 0 bridgehead atoms. The average Bonchev–Trinajstić information content (AvgIpc) is 2.93. The summed E-state index contributed by atoms with van der Waals surface area (Å²) < 4.78 is 11.7. The maximum Gasteiger partial charge on any atom is 0.163 e. The lowest BCUT2D eigenvalue weighted by molar-refractivity contribution is -0.125. The molecule has 1 N–H and O–H groups in total. The predicted octanol–water partition coefficient (Wildman–Crippen LogP) is 7.83. The van der Waals surface area contributed by atoms with Crippen molar-refractivity contribution >= 4 is 11.9 Å². The van der Waals surface area contributed by atoms with Gasteiger partial charge in [-0.05, 0) is 49.1 Å². The van der Waals surface area contributed by atoms with Crippen LogP contribution in [0.2, 0.25) is 0 Å². The molecule has 0 aliphatic heterocycles. The molecule has 3 aromatic rings. The standard InChI is InChI=1S/C35H36O4/c1-23(2)15-16-29-30(37)22-35(18-17-24-11-7-5-8-12-24)32(26-19-27(36)21-28(20-26)38-3)31(33(35)34(29)39-4)25-13-9-6-10-14-25/h5-15,17-21,31-33,36H,16,22H2,1-4H3/t31-,32-,33+,35+/m0/s1. The van der Waals surface area contributed by atoms with E-state index in [4.69, 9.17) is 9.47 Å². The van der Waals surface area contributed by atoms with E-state index in [0.29, 0.717) is 18.6 Å². The quantitative estimate of drug-likeness (QED) is 0.308. The molecule has 200 valence electrons. The van der Waals surface area contributed by atoms with Gasteiger partial charge in [0.1, 0.15) is 17.3 Å². The molecule has 0 unspecified atom stereocenters. The minimum Gasteiger partial charge on any atom is -0.508 e. The first kappa shape index (κ1) is 26.6. The number of ketones is 1. The van der Waals surface area contributed by atoms with Gasteiger partial charge in [-0.1, -0.05) is 84.5 Å². The molecule has 2 aliphatic carbocycles. The van der Waals surface area contributed by atoms with Crippen molar-refractivity contribution in [1.82, 2.24) is 0 Å². The third kappa shape index (κ3) is 4.92. The number of phenolic OH excluding ortho intramolecular Hbond substituents is 1. The molecule has 0 heterocycles. The van der Waals surface area contributed by atoms with Crippen LogP contribution in [0.1, 0.15) is 55.2 Å². The first-order valence-electron chi connectivity index (χ1n) is 13.5. The summed E-state index contributed by atoms with van der Waals surface area (Å²) in [7, 11) is 3.29. The number of hydrogen-bond acceptors (Lipinski definition) is 4. The molecular formula is C35H36O4. The highest BCUT2D eigenvalue weighted by atomic mass is 16.5. The fraction of sp³-hybridized carbons (Fsp3) is 0.286. The van der Waals surface area contributed by atoms with Crippen molar-refractivity contribution in [3.63, 3.8) is 0 Å².